The molecule has 0 aliphatic carbocycles. The van der Waals surface area contributed by atoms with Gasteiger partial charge in [0, 0.05) is 5.69 Å². The summed E-state index contributed by atoms with van der Waals surface area (Å²) in [5.41, 5.74) is 2.20. The Morgan fingerprint density at radius 1 is 1.19 bits per heavy atom. The first-order valence-corrected chi connectivity index (χ1v) is 5.69. The SMILES string of the molecule is CCc1cc(CC)n(-c2ccc(Cl)nn2)n1. The van der Waals surface area contributed by atoms with E-state index in [2.05, 4.69) is 35.2 Å². The van der Waals surface area contributed by atoms with E-state index < -0.39 is 0 Å². The largest absolute Gasteiger partial charge is 0.217 e. The molecule has 0 aliphatic heterocycles. The van der Waals surface area contributed by atoms with Crippen LogP contribution >= 0.6 is 11.6 Å². The van der Waals surface area contributed by atoms with Crippen molar-refractivity contribution in [3.63, 3.8) is 0 Å². The minimum atomic E-state index is 0.393. The van der Waals surface area contributed by atoms with E-state index in [-0.39, 0.29) is 0 Å². The molecule has 0 aliphatic rings. The van der Waals surface area contributed by atoms with Gasteiger partial charge in [0.1, 0.15) is 0 Å². The van der Waals surface area contributed by atoms with E-state index in [9.17, 15) is 0 Å². The zero-order chi connectivity index (χ0) is 11.5. The fraction of sp³-hybridized carbons (Fsp3) is 0.364. The van der Waals surface area contributed by atoms with Gasteiger partial charge in [-0.05, 0) is 31.0 Å². The lowest BCUT2D eigenvalue weighted by Crippen LogP contribution is -2.04. The summed E-state index contributed by atoms with van der Waals surface area (Å²) < 4.78 is 1.82. The third-order valence-electron chi connectivity index (χ3n) is 2.39. The van der Waals surface area contributed by atoms with Crippen LogP contribution < -0.4 is 0 Å². The minimum absolute atomic E-state index is 0.393. The van der Waals surface area contributed by atoms with E-state index in [1.807, 2.05) is 10.7 Å². The fourth-order valence-electron chi connectivity index (χ4n) is 1.52. The maximum Gasteiger partial charge on any atom is 0.176 e. The van der Waals surface area contributed by atoms with Gasteiger partial charge in [-0.1, -0.05) is 25.4 Å². The van der Waals surface area contributed by atoms with Crippen LogP contribution in [-0.2, 0) is 12.8 Å². The summed E-state index contributed by atoms with van der Waals surface area (Å²) in [5.74, 6) is 0.709. The lowest BCUT2D eigenvalue weighted by atomic mass is 10.2. The Balaban J connectivity index is 2.45. The summed E-state index contributed by atoms with van der Waals surface area (Å²) >= 11 is 5.70. The normalized spacial score (nSPS) is 10.7. The third-order valence-corrected chi connectivity index (χ3v) is 2.59. The summed E-state index contributed by atoms with van der Waals surface area (Å²) in [6.07, 6.45) is 1.83. The highest BCUT2D eigenvalue weighted by Crippen LogP contribution is 2.12. The highest BCUT2D eigenvalue weighted by Gasteiger charge is 2.08. The van der Waals surface area contributed by atoms with Crippen molar-refractivity contribution in [2.24, 2.45) is 0 Å². The Bertz CT molecular complexity index is 475. The van der Waals surface area contributed by atoms with E-state index >= 15 is 0 Å². The summed E-state index contributed by atoms with van der Waals surface area (Å²) in [4.78, 5) is 0. The molecule has 0 saturated heterocycles. The summed E-state index contributed by atoms with van der Waals surface area (Å²) in [6.45, 7) is 4.18. The van der Waals surface area contributed by atoms with Gasteiger partial charge >= 0.3 is 0 Å². The molecule has 0 saturated carbocycles. The smallest absolute Gasteiger partial charge is 0.176 e. The van der Waals surface area contributed by atoms with Gasteiger partial charge in [0.25, 0.3) is 0 Å². The van der Waals surface area contributed by atoms with Crippen molar-refractivity contribution in [1.29, 1.82) is 0 Å². The zero-order valence-corrected chi connectivity index (χ0v) is 10.1. The van der Waals surface area contributed by atoms with Crippen molar-refractivity contribution in [3.8, 4) is 5.82 Å². The van der Waals surface area contributed by atoms with E-state index in [4.69, 9.17) is 11.6 Å². The van der Waals surface area contributed by atoms with Crippen LogP contribution in [0, 0.1) is 0 Å². The molecule has 0 N–H and O–H groups in total. The minimum Gasteiger partial charge on any atom is -0.217 e. The van der Waals surface area contributed by atoms with Crippen molar-refractivity contribution in [3.05, 3.63) is 34.7 Å². The maximum absolute atomic E-state index is 5.70. The van der Waals surface area contributed by atoms with Gasteiger partial charge < -0.3 is 0 Å². The molecule has 2 aromatic rings. The number of halogens is 1. The molecule has 2 rings (SSSR count). The number of hydrogen-bond donors (Lipinski definition) is 0. The van der Waals surface area contributed by atoms with Crippen molar-refractivity contribution in [1.82, 2.24) is 20.0 Å². The van der Waals surface area contributed by atoms with Crippen LogP contribution in [-0.4, -0.2) is 20.0 Å². The lowest BCUT2D eigenvalue weighted by molar-refractivity contribution is 0.754. The number of aryl methyl sites for hydroxylation is 2. The Morgan fingerprint density at radius 3 is 2.56 bits per heavy atom. The van der Waals surface area contributed by atoms with Crippen LogP contribution in [0.2, 0.25) is 5.15 Å². The van der Waals surface area contributed by atoms with Gasteiger partial charge in [-0.25, -0.2) is 4.68 Å². The van der Waals surface area contributed by atoms with Crippen LogP contribution in [0.1, 0.15) is 25.2 Å². The van der Waals surface area contributed by atoms with E-state index in [0.717, 1.165) is 24.2 Å². The van der Waals surface area contributed by atoms with Crippen molar-refractivity contribution in [2.45, 2.75) is 26.7 Å². The molecule has 0 spiro atoms. The van der Waals surface area contributed by atoms with Crippen LogP contribution in [0.5, 0.6) is 0 Å². The second-order valence-corrected chi connectivity index (χ2v) is 3.85. The number of nitrogens with zero attached hydrogens (tertiary/aromatic N) is 4. The molecular weight excluding hydrogens is 224 g/mol. The quantitative estimate of drug-likeness (QED) is 0.822. The first-order valence-electron chi connectivity index (χ1n) is 5.32. The number of aromatic nitrogens is 4. The van der Waals surface area contributed by atoms with Gasteiger partial charge in [0.15, 0.2) is 11.0 Å². The molecule has 0 radical (unpaired) electrons. The molecule has 84 valence electrons. The Labute approximate surface area is 99.3 Å². The van der Waals surface area contributed by atoms with Crippen molar-refractivity contribution in [2.75, 3.05) is 0 Å². The van der Waals surface area contributed by atoms with E-state index in [1.54, 1.807) is 6.07 Å². The third kappa shape index (κ3) is 2.07. The first kappa shape index (κ1) is 11.1. The zero-order valence-electron chi connectivity index (χ0n) is 9.31. The second kappa shape index (κ2) is 4.61. The number of hydrogen-bond acceptors (Lipinski definition) is 3. The molecule has 0 amide bonds. The van der Waals surface area contributed by atoms with Gasteiger partial charge in [-0.15, -0.1) is 10.2 Å². The first-order chi connectivity index (χ1) is 7.74. The molecular formula is C11H13ClN4. The van der Waals surface area contributed by atoms with Gasteiger partial charge in [0.05, 0.1) is 5.69 Å². The average molecular weight is 237 g/mol. The predicted molar refractivity (Wildman–Crippen MR) is 62.9 cm³/mol. The second-order valence-electron chi connectivity index (χ2n) is 3.46. The highest BCUT2D eigenvalue weighted by molar-refractivity contribution is 6.29. The molecule has 0 atom stereocenters. The predicted octanol–water partition coefficient (Wildman–Crippen LogP) is 2.44. The summed E-state index contributed by atoms with van der Waals surface area (Å²) in [5, 5.41) is 12.7. The molecule has 0 fully saturated rings. The van der Waals surface area contributed by atoms with Crippen LogP contribution in [0.4, 0.5) is 0 Å². The number of rotatable bonds is 3. The van der Waals surface area contributed by atoms with Gasteiger partial charge in [0.2, 0.25) is 0 Å². The van der Waals surface area contributed by atoms with E-state index in [0.29, 0.717) is 11.0 Å². The molecule has 2 heterocycles. The molecule has 0 aromatic carbocycles. The van der Waals surface area contributed by atoms with Crippen LogP contribution in [0.15, 0.2) is 18.2 Å². The van der Waals surface area contributed by atoms with Gasteiger partial charge in [-0.3, -0.25) is 0 Å². The molecule has 2 aromatic heterocycles. The van der Waals surface area contributed by atoms with Crippen molar-refractivity contribution < 1.29 is 0 Å². The summed E-state index contributed by atoms with van der Waals surface area (Å²) in [7, 11) is 0. The van der Waals surface area contributed by atoms with E-state index in [1.165, 1.54) is 0 Å². The standard InChI is InChI=1S/C11H13ClN4/c1-3-8-7-9(4-2)16(15-8)11-6-5-10(12)13-14-11/h5-7H,3-4H2,1-2H3. The lowest BCUT2D eigenvalue weighted by Gasteiger charge is -2.03. The highest BCUT2D eigenvalue weighted by atomic mass is 35.5. The Kier molecular flexibility index (Phi) is 3.19. The topological polar surface area (TPSA) is 43.6 Å². The monoisotopic (exact) mass is 236 g/mol. The Hall–Kier alpha value is -1.42. The maximum atomic E-state index is 5.70. The molecule has 0 bridgehead atoms. The van der Waals surface area contributed by atoms with Crippen LogP contribution in [0.25, 0.3) is 5.82 Å². The van der Waals surface area contributed by atoms with Crippen molar-refractivity contribution >= 4 is 11.6 Å². The average Bonchev–Trinajstić information content (AvgIpc) is 2.73. The van der Waals surface area contributed by atoms with Gasteiger partial charge in [-0.2, -0.15) is 5.10 Å². The summed E-state index contributed by atoms with van der Waals surface area (Å²) in [6, 6.07) is 5.63. The fourth-order valence-corrected chi connectivity index (χ4v) is 1.62. The molecule has 4 nitrogen and oxygen atoms in total. The molecule has 5 heteroatoms. The van der Waals surface area contributed by atoms with Crippen LogP contribution in [0.3, 0.4) is 0 Å². The molecule has 0 unspecified atom stereocenters. The Morgan fingerprint density at radius 2 is 2.00 bits per heavy atom. The molecule has 16 heavy (non-hydrogen) atoms.